The summed E-state index contributed by atoms with van der Waals surface area (Å²) in [5.41, 5.74) is 0. The van der Waals surface area contributed by atoms with E-state index in [1.165, 1.54) is 14.0 Å². The van der Waals surface area contributed by atoms with Gasteiger partial charge in [0.1, 0.15) is 6.10 Å². The Bertz CT molecular complexity index is 969. The molecule has 226 valence electrons. The van der Waals surface area contributed by atoms with Crippen LogP contribution >= 0.6 is 0 Å². The highest BCUT2D eigenvalue weighted by Gasteiger charge is 2.56. The van der Waals surface area contributed by atoms with Gasteiger partial charge in [-0.25, -0.2) is 4.79 Å². The highest BCUT2D eigenvalue weighted by Crippen LogP contribution is 2.38. The van der Waals surface area contributed by atoms with Gasteiger partial charge < -0.3 is 43.2 Å². The van der Waals surface area contributed by atoms with Gasteiger partial charge >= 0.3 is 29.8 Å². The van der Waals surface area contributed by atoms with E-state index in [0.717, 1.165) is 34.8 Å². The number of carbonyl (C=O) groups is 6. The van der Waals surface area contributed by atoms with Crippen molar-refractivity contribution >= 4 is 35.8 Å². The smallest absolute Gasteiger partial charge is 0.339 e. The van der Waals surface area contributed by atoms with E-state index in [-0.39, 0.29) is 6.42 Å². The Morgan fingerprint density at radius 1 is 0.700 bits per heavy atom. The third kappa shape index (κ3) is 8.35. The molecular weight excluding hydrogens is 538 g/mol. The first kappa shape index (κ1) is 32.9. The first-order chi connectivity index (χ1) is 18.7. The van der Waals surface area contributed by atoms with Gasteiger partial charge in [0.25, 0.3) is 0 Å². The molecule has 2 heterocycles. The molecule has 0 aromatic rings. The van der Waals surface area contributed by atoms with Crippen LogP contribution in [0.5, 0.6) is 0 Å². The van der Waals surface area contributed by atoms with Crippen LogP contribution in [-0.4, -0.2) is 105 Å². The molecule has 15 heteroatoms. The van der Waals surface area contributed by atoms with Crippen LogP contribution in [-0.2, 0) is 66.7 Å². The summed E-state index contributed by atoms with van der Waals surface area (Å²) in [7, 11) is 2.41. The molecule has 0 aliphatic carbocycles. The summed E-state index contributed by atoms with van der Waals surface area (Å²) in [6.45, 7) is 7.37. The Balaban J connectivity index is 2.63. The lowest BCUT2D eigenvalue weighted by atomic mass is 9.79. The fourth-order valence-corrected chi connectivity index (χ4v) is 5.05. The van der Waals surface area contributed by atoms with Crippen molar-refractivity contribution in [3.05, 3.63) is 0 Å². The molecule has 0 unspecified atom stereocenters. The number of ether oxygens (including phenoxy) is 8. The van der Waals surface area contributed by atoms with E-state index in [1.54, 1.807) is 6.92 Å². The molecule has 2 aliphatic rings. The van der Waals surface area contributed by atoms with Crippen LogP contribution in [0.15, 0.2) is 0 Å². The molecule has 2 fully saturated rings. The van der Waals surface area contributed by atoms with E-state index >= 15 is 0 Å². The average Bonchev–Trinajstić information content (AvgIpc) is 2.83. The van der Waals surface area contributed by atoms with Crippen molar-refractivity contribution in [3.63, 3.8) is 0 Å². The molecule has 2 saturated heterocycles. The van der Waals surface area contributed by atoms with E-state index in [4.69, 9.17) is 37.9 Å². The van der Waals surface area contributed by atoms with E-state index in [2.05, 4.69) is 5.32 Å². The van der Waals surface area contributed by atoms with E-state index < -0.39 is 96.7 Å². The molecule has 40 heavy (non-hydrogen) atoms. The van der Waals surface area contributed by atoms with E-state index in [0.29, 0.717) is 0 Å². The molecule has 2 rings (SSSR count). The van der Waals surface area contributed by atoms with Gasteiger partial charge in [0.15, 0.2) is 30.7 Å². The maximum Gasteiger partial charge on any atom is 0.339 e. The van der Waals surface area contributed by atoms with Crippen LogP contribution in [0.25, 0.3) is 0 Å². The van der Waals surface area contributed by atoms with Crippen LogP contribution in [0, 0.1) is 5.92 Å². The standard InChI is InChI=1S/C25H37NO14/c1-10-19(36-12(3)28)22(39-15(6)31)21(38-14(5)30)17(35-10)9-16-18(26-11(2)27)25(34-8)40-23(24(32)33-7)20(16)37-13(4)29/h10,16-23,25H,9H2,1-8H3,(H,26,27)/t10-,16+,17-,18+,19+,20+,21+,22+,23-,25+/m0/s1. The minimum Gasteiger partial charge on any atom is -0.467 e. The number of hydrogen-bond donors (Lipinski definition) is 1. The minimum absolute atomic E-state index is 0.146. The lowest BCUT2D eigenvalue weighted by Crippen LogP contribution is -2.66. The fourth-order valence-electron chi connectivity index (χ4n) is 5.05. The van der Waals surface area contributed by atoms with Crippen molar-refractivity contribution in [1.29, 1.82) is 0 Å². The fraction of sp³-hybridized carbons (Fsp3) is 0.760. The normalized spacial score (nSPS) is 33.6. The molecule has 1 N–H and O–H groups in total. The van der Waals surface area contributed by atoms with Crippen molar-refractivity contribution in [2.75, 3.05) is 14.2 Å². The molecular formula is C25H37NO14. The third-order valence-corrected chi connectivity index (χ3v) is 6.37. The zero-order chi connectivity index (χ0) is 30.3. The summed E-state index contributed by atoms with van der Waals surface area (Å²) < 4.78 is 44.0. The van der Waals surface area contributed by atoms with Crippen LogP contribution < -0.4 is 5.32 Å². The van der Waals surface area contributed by atoms with Gasteiger partial charge in [-0.3, -0.25) is 24.0 Å². The van der Waals surface area contributed by atoms with Crippen molar-refractivity contribution in [3.8, 4) is 0 Å². The number of methoxy groups -OCH3 is 2. The maximum absolute atomic E-state index is 12.7. The molecule has 1 amide bonds. The molecule has 0 bridgehead atoms. The maximum atomic E-state index is 12.7. The Kier molecular flexibility index (Phi) is 11.8. The molecule has 0 aromatic heterocycles. The summed E-state index contributed by atoms with van der Waals surface area (Å²) in [6.07, 6.45) is -9.79. The number of carbonyl (C=O) groups excluding carboxylic acids is 6. The van der Waals surface area contributed by atoms with Gasteiger partial charge in [0.05, 0.1) is 25.4 Å². The first-order valence-corrected chi connectivity index (χ1v) is 12.6. The molecule has 0 radical (unpaired) electrons. The minimum atomic E-state index is -1.46. The Morgan fingerprint density at radius 3 is 1.68 bits per heavy atom. The van der Waals surface area contributed by atoms with Gasteiger partial charge in [-0.05, 0) is 13.3 Å². The van der Waals surface area contributed by atoms with Gasteiger partial charge in [-0.1, -0.05) is 0 Å². The van der Waals surface area contributed by atoms with E-state index in [9.17, 15) is 28.8 Å². The van der Waals surface area contributed by atoms with E-state index in [1.807, 2.05) is 0 Å². The summed E-state index contributed by atoms with van der Waals surface area (Å²) in [4.78, 5) is 72.9. The predicted octanol–water partition coefficient (Wildman–Crippen LogP) is -0.444. The first-order valence-electron chi connectivity index (χ1n) is 12.6. The second-order valence-corrected chi connectivity index (χ2v) is 9.49. The zero-order valence-corrected chi connectivity index (χ0v) is 23.7. The molecule has 15 nitrogen and oxygen atoms in total. The topological polar surface area (TPSA) is 188 Å². The predicted molar refractivity (Wildman–Crippen MR) is 130 cm³/mol. The molecule has 0 saturated carbocycles. The highest BCUT2D eigenvalue weighted by molar-refractivity contribution is 5.77. The van der Waals surface area contributed by atoms with Crippen molar-refractivity contribution in [1.82, 2.24) is 5.32 Å². The Labute approximate surface area is 231 Å². The molecule has 0 aromatic carbocycles. The summed E-state index contributed by atoms with van der Waals surface area (Å²) >= 11 is 0. The number of rotatable bonds is 9. The third-order valence-electron chi connectivity index (χ3n) is 6.37. The lowest BCUT2D eigenvalue weighted by Gasteiger charge is -2.48. The number of esters is 5. The molecule has 0 spiro atoms. The summed E-state index contributed by atoms with van der Waals surface area (Å²) in [5.74, 6) is -5.25. The number of amides is 1. The second kappa shape index (κ2) is 14.4. The Hall–Kier alpha value is -3.30. The number of nitrogens with one attached hydrogen (secondary N) is 1. The summed E-state index contributed by atoms with van der Waals surface area (Å²) in [6, 6.07) is -0.997. The van der Waals surface area contributed by atoms with Crippen LogP contribution in [0.3, 0.4) is 0 Å². The molecule has 10 atom stereocenters. The van der Waals surface area contributed by atoms with Crippen LogP contribution in [0.1, 0.15) is 48.0 Å². The van der Waals surface area contributed by atoms with Gasteiger partial charge in [0.2, 0.25) is 5.91 Å². The average molecular weight is 576 g/mol. The molecule has 2 aliphatic heterocycles. The summed E-state index contributed by atoms with van der Waals surface area (Å²) in [5, 5.41) is 2.70. The SMILES string of the molecule is COC(=O)[C@H]1O[C@@H](OC)[C@H](NC(C)=O)[C@@H](C[C@@H]2O[C@@H](C)[C@@H](OC(C)=O)[C@@H](OC(C)=O)[C@@H]2OC(C)=O)[C@H]1OC(C)=O. The van der Waals surface area contributed by atoms with Gasteiger partial charge in [0, 0.05) is 47.6 Å². The Morgan fingerprint density at radius 2 is 1.20 bits per heavy atom. The lowest BCUT2D eigenvalue weighted by molar-refractivity contribution is -0.267. The van der Waals surface area contributed by atoms with Crippen molar-refractivity contribution in [2.24, 2.45) is 5.92 Å². The quantitative estimate of drug-likeness (QED) is 0.275. The highest BCUT2D eigenvalue weighted by atomic mass is 16.7. The largest absolute Gasteiger partial charge is 0.467 e. The van der Waals surface area contributed by atoms with Gasteiger partial charge in [-0.15, -0.1) is 0 Å². The monoisotopic (exact) mass is 575 g/mol. The van der Waals surface area contributed by atoms with Crippen molar-refractivity contribution in [2.45, 2.75) is 103 Å². The second-order valence-electron chi connectivity index (χ2n) is 9.49. The van der Waals surface area contributed by atoms with Crippen LogP contribution in [0.2, 0.25) is 0 Å². The number of hydrogen-bond acceptors (Lipinski definition) is 14. The van der Waals surface area contributed by atoms with Crippen LogP contribution in [0.4, 0.5) is 0 Å². The van der Waals surface area contributed by atoms with Gasteiger partial charge in [-0.2, -0.15) is 0 Å². The zero-order valence-electron chi connectivity index (χ0n) is 23.7. The van der Waals surface area contributed by atoms with Crippen molar-refractivity contribution < 1.29 is 66.7 Å².